The molecular formula is C11H18N2OS. The molecule has 0 aliphatic heterocycles. The number of anilines is 1. The highest BCUT2D eigenvalue weighted by molar-refractivity contribution is 7.14. The van der Waals surface area contributed by atoms with Crippen LogP contribution in [0.15, 0.2) is 6.07 Å². The molecule has 1 heterocycles. The van der Waals surface area contributed by atoms with Gasteiger partial charge in [-0.2, -0.15) is 0 Å². The number of nitrogens with one attached hydrogen (secondary N) is 1. The van der Waals surface area contributed by atoms with E-state index in [0.29, 0.717) is 17.1 Å². The van der Waals surface area contributed by atoms with Crippen LogP contribution in [0, 0.1) is 12.3 Å². The van der Waals surface area contributed by atoms with Crippen molar-refractivity contribution in [2.45, 2.75) is 27.7 Å². The lowest BCUT2D eigenvalue weighted by Gasteiger charge is -2.18. The predicted octanol–water partition coefficient (Wildman–Crippen LogP) is 2.41. The Labute approximate surface area is 94.7 Å². The zero-order valence-electron chi connectivity index (χ0n) is 9.68. The summed E-state index contributed by atoms with van der Waals surface area (Å²) in [5, 5.41) is 2.90. The first-order valence-electron chi connectivity index (χ1n) is 4.94. The Hall–Kier alpha value is -1.03. The van der Waals surface area contributed by atoms with Crippen LogP contribution >= 0.6 is 11.3 Å². The fourth-order valence-corrected chi connectivity index (χ4v) is 1.90. The highest BCUT2D eigenvalue weighted by atomic mass is 32.1. The van der Waals surface area contributed by atoms with Crippen LogP contribution in [0.1, 0.15) is 35.3 Å². The average molecular weight is 226 g/mol. The minimum Gasteiger partial charge on any atom is -0.398 e. The number of carbonyl (C=O) groups excluding carboxylic acids is 1. The Morgan fingerprint density at radius 2 is 2.13 bits per heavy atom. The Balaban J connectivity index is 2.62. The Morgan fingerprint density at radius 3 is 2.53 bits per heavy atom. The molecule has 1 aromatic rings. The third-order valence-corrected chi connectivity index (χ3v) is 3.02. The summed E-state index contributed by atoms with van der Waals surface area (Å²) >= 11 is 1.44. The molecule has 4 heteroatoms. The van der Waals surface area contributed by atoms with Gasteiger partial charge in [-0.3, -0.25) is 4.79 Å². The summed E-state index contributed by atoms with van der Waals surface area (Å²) in [5.74, 6) is -0.0327. The molecule has 0 bridgehead atoms. The minimum atomic E-state index is -0.0327. The molecule has 0 fully saturated rings. The van der Waals surface area contributed by atoms with Gasteiger partial charge in [0.1, 0.15) is 0 Å². The molecule has 3 nitrogen and oxygen atoms in total. The van der Waals surface area contributed by atoms with Gasteiger partial charge in [-0.15, -0.1) is 11.3 Å². The molecule has 3 N–H and O–H groups in total. The third kappa shape index (κ3) is 3.55. The quantitative estimate of drug-likeness (QED) is 0.813. The monoisotopic (exact) mass is 226 g/mol. The second-order valence-electron chi connectivity index (χ2n) is 4.87. The van der Waals surface area contributed by atoms with Gasteiger partial charge >= 0.3 is 0 Å². The van der Waals surface area contributed by atoms with Crippen molar-refractivity contribution in [2.75, 3.05) is 12.3 Å². The normalized spacial score (nSPS) is 11.5. The molecule has 1 rings (SSSR count). The average Bonchev–Trinajstić information content (AvgIpc) is 2.42. The summed E-state index contributed by atoms with van der Waals surface area (Å²) in [6, 6.07) is 1.73. The lowest BCUT2D eigenvalue weighted by Crippen LogP contribution is -2.31. The van der Waals surface area contributed by atoms with E-state index in [1.807, 2.05) is 6.92 Å². The van der Waals surface area contributed by atoms with Gasteiger partial charge < -0.3 is 11.1 Å². The summed E-state index contributed by atoms with van der Waals surface area (Å²) in [6.45, 7) is 8.84. The van der Waals surface area contributed by atoms with Gasteiger partial charge in [-0.05, 0) is 18.4 Å². The first kappa shape index (κ1) is 12.0. The Bertz CT molecular complexity index is 344. The van der Waals surface area contributed by atoms with E-state index in [1.165, 1.54) is 11.3 Å². The van der Waals surface area contributed by atoms with Gasteiger partial charge in [0, 0.05) is 17.1 Å². The van der Waals surface area contributed by atoms with Crippen molar-refractivity contribution in [1.29, 1.82) is 0 Å². The minimum absolute atomic E-state index is 0.0327. The second kappa shape index (κ2) is 4.23. The van der Waals surface area contributed by atoms with Crippen LogP contribution in [0.25, 0.3) is 0 Å². The van der Waals surface area contributed by atoms with Crippen LogP contribution in [0.4, 0.5) is 5.69 Å². The van der Waals surface area contributed by atoms with Crippen molar-refractivity contribution in [1.82, 2.24) is 5.32 Å². The van der Waals surface area contributed by atoms with Gasteiger partial charge in [0.2, 0.25) is 0 Å². The maximum Gasteiger partial charge on any atom is 0.261 e. The van der Waals surface area contributed by atoms with Crippen molar-refractivity contribution in [3.63, 3.8) is 0 Å². The largest absolute Gasteiger partial charge is 0.398 e. The van der Waals surface area contributed by atoms with Crippen LogP contribution < -0.4 is 11.1 Å². The number of amides is 1. The zero-order valence-corrected chi connectivity index (χ0v) is 10.5. The number of rotatable bonds is 2. The fraction of sp³-hybridized carbons (Fsp3) is 0.545. The molecule has 0 aliphatic rings. The standard InChI is InChI=1S/C11H18N2OS/c1-7-8(12)5-9(15-7)10(14)13-6-11(2,3)4/h5H,6,12H2,1-4H3,(H,13,14). The predicted molar refractivity (Wildman–Crippen MR) is 65.3 cm³/mol. The second-order valence-corrected chi connectivity index (χ2v) is 6.12. The van der Waals surface area contributed by atoms with Crippen LogP contribution in [0.3, 0.4) is 0 Å². The van der Waals surface area contributed by atoms with E-state index in [0.717, 1.165) is 4.88 Å². The molecule has 0 aliphatic carbocycles. The number of nitrogen functional groups attached to an aromatic ring is 1. The van der Waals surface area contributed by atoms with Crippen molar-refractivity contribution in [3.8, 4) is 0 Å². The molecule has 0 unspecified atom stereocenters. The highest BCUT2D eigenvalue weighted by Gasteiger charge is 2.15. The summed E-state index contributed by atoms with van der Waals surface area (Å²) in [7, 11) is 0. The molecule has 1 amide bonds. The number of hydrogen-bond donors (Lipinski definition) is 2. The first-order valence-corrected chi connectivity index (χ1v) is 5.75. The number of nitrogens with two attached hydrogens (primary N) is 1. The Kier molecular flexibility index (Phi) is 3.39. The SMILES string of the molecule is Cc1sc(C(=O)NCC(C)(C)C)cc1N. The molecule has 0 aromatic carbocycles. The van der Waals surface area contributed by atoms with Gasteiger partial charge in [0.15, 0.2) is 0 Å². The molecule has 0 radical (unpaired) electrons. The number of aryl methyl sites for hydroxylation is 1. The first-order chi connectivity index (χ1) is 6.79. The molecule has 0 spiro atoms. The van der Waals surface area contributed by atoms with Crippen molar-refractivity contribution >= 4 is 22.9 Å². The van der Waals surface area contributed by atoms with E-state index in [9.17, 15) is 4.79 Å². The van der Waals surface area contributed by atoms with Crippen LogP contribution in [-0.4, -0.2) is 12.5 Å². The van der Waals surface area contributed by atoms with E-state index < -0.39 is 0 Å². The lowest BCUT2D eigenvalue weighted by molar-refractivity contribution is 0.0943. The maximum absolute atomic E-state index is 11.7. The molecule has 0 saturated carbocycles. The third-order valence-electron chi connectivity index (χ3n) is 1.96. The number of hydrogen-bond acceptors (Lipinski definition) is 3. The molecular weight excluding hydrogens is 208 g/mol. The van der Waals surface area contributed by atoms with Gasteiger partial charge in [0.05, 0.1) is 4.88 Å². The summed E-state index contributed by atoms with van der Waals surface area (Å²) in [6.07, 6.45) is 0. The van der Waals surface area contributed by atoms with E-state index in [1.54, 1.807) is 6.07 Å². The van der Waals surface area contributed by atoms with Crippen molar-refractivity contribution < 1.29 is 4.79 Å². The lowest BCUT2D eigenvalue weighted by atomic mass is 9.97. The van der Waals surface area contributed by atoms with Crippen LogP contribution in [0.5, 0.6) is 0 Å². The number of carbonyl (C=O) groups is 1. The molecule has 0 atom stereocenters. The maximum atomic E-state index is 11.7. The summed E-state index contributed by atoms with van der Waals surface area (Å²) in [4.78, 5) is 13.4. The van der Waals surface area contributed by atoms with Crippen LogP contribution in [-0.2, 0) is 0 Å². The van der Waals surface area contributed by atoms with Crippen molar-refractivity contribution in [2.24, 2.45) is 5.41 Å². The van der Waals surface area contributed by atoms with E-state index in [4.69, 9.17) is 5.73 Å². The smallest absolute Gasteiger partial charge is 0.261 e. The topological polar surface area (TPSA) is 55.1 Å². The molecule has 1 aromatic heterocycles. The molecule has 84 valence electrons. The van der Waals surface area contributed by atoms with Gasteiger partial charge in [-0.1, -0.05) is 20.8 Å². The van der Waals surface area contributed by atoms with Crippen molar-refractivity contribution in [3.05, 3.63) is 15.8 Å². The molecule has 0 saturated heterocycles. The Morgan fingerprint density at radius 1 is 1.53 bits per heavy atom. The van der Waals surface area contributed by atoms with E-state index in [-0.39, 0.29) is 11.3 Å². The summed E-state index contributed by atoms with van der Waals surface area (Å²) in [5.41, 5.74) is 6.49. The molecule has 15 heavy (non-hydrogen) atoms. The number of thiophene rings is 1. The van der Waals surface area contributed by atoms with Crippen LogP contribution in [0.2, 0.25) is 0 Å². The highest BCUT2D eigenvalue weighted by Crippen LogP contribution is 2.23. The van der Waals surface area contributed by atoms with E-state index >= 15 is 0 Å². The fourth-order valence-electron chi connectivity index (χ4n) is 1.04. The zero-order chi connectivity index (χ0) is 11.6. The van der Waals surface area contributed by atoms with Gasteiger partial charge in [-0.25, -0.2) is 0 Å². The van der Waals surface area contributed by atoms with E-state index in [2.05, 4.69) is 26.1 Å². The summed E-state index contributed by atoms with van der Waals surface area (Å²) < 4.78 is 0. The van der Waals surface area contributed by atoms with Gasteiger partial charge in [0.25, 0.3) is 5.91 Å².